The van der Waals surface area contributed by atoms with Gasteiger partial charge in [0.2, 0.25) is 6.79 Å². The zero-order chi connectivity index (χ0) is 13.2. The molecule has 1 N–H and O–H groups in total. The maximum atomic E-state index is 11.0. The van der Waals surface area contributed by atoms with Crippen LogP contribution in [0.25, 0.3) is 0 Å². The van der Waals surface area contributed by atoms with Gasteiger partial charge in [-0.2, -0.15) is 0 Å². The molecular weight excluding hydrogens is 252 g/mol. The highest BCUT2D eigenvalue weighted by Gasteiger charge is 2.23. The van der Waals surface area contributed by atoms with Crippen molar-refractivity contribution in [3.8, 4) is 11.5 Å². The van der Waals surface area contributed by atoms with Gasteiger partial charge in [0.15, 0.2) is 11.5 Å². The van der Waals surface area contributed by atoms with Crippen molar-refractivity contribution in [2.24, 2.45) is 0 Å². The number of nitrogens with one attached hydrogen (secondary N) is 1. The Bertz CT molecular complexity index is 609. The van der Waals surface area contributed by atoms with Crippen LogP contribution in [0.1, 0.15) is 5.56 Å². The normalized spacial score (nSPS) is 12.4. The van der Waals surface area contributed by atoms with E-state index in [4.69, 9.17) is 13.9 Å². The zero-order valence-corrected chi connectivity index (χ0v) is 9.79. The van der Waals surface area contributed by atoms with Crippen molar-refractivity contribution in [3.63, 3.8) is 0 Å². The topological polar surface area (TPSA) is 86.8 Å². The molecule has 0 saturated heterocycles. The van der Waals surface area contributed by atoms with Crippen molar-refractivity contribution >= 4 is 11.4 Å². The molecule has 2 heterocycles. The van der Waals surface area contributed by atoms with Gasteiger partial charge in [-0.05, 0) is 6.07 Å². The predicted octanol–water partition coefficient (Wildman–Crippen LogP) is 2.53. The number of nitro groups is 1. The summed E-state index contributed by atoms with van der Waals surface area (Å²) in [6.07, 6.45) is 3.12. The van der Waals surface area contributed by atoms with Crippen LogP contribution in [0.2, 0.25) is 0 Å². The lowest BCUT2D eigenvalue weighted by Gasteiger charge is -2.07. The molecular formula is C12H10N2O5. The molecule has 1 aromatic carbocycles. The maximum absolute atomic E-state index is 11.0. The van der Waals surface area contributed by atoms with E-state index in [0.717, 1.165) is 5.56 Å². The van der Waals surface area contributed by atoms with E-state index < -0.39 is 4.92 Å². The van der Waals surface area contributed by atoms with Crippen LogP contribution in [-0.4, -0.2) is 11.7 Å². The molecule has 7 heteroatoms. The summed E-state index contributed by atoms with van der Waals surface area (Å²) < 4.78 is 15.3. The van der Waals surface area contributed by atoms with Crippen LogP contribution < -0.4 is 14.8 Å². The van der Waals surface area contributed by atoms with E-state index in [0.29, 0.717) is 23.7 Å². The Labute approximate surface area is 107 Å². The number of furan rings is 1. The molecule has 1 aromatic heterocycles. The summed E-state index contributed by atoms with van der Waals surface area (Å²) in [5.41, 5.74) is 1.23. The third kappa shape index (κ3) is 2.17. The lowest BCUT2D eigenvalue weighted by Crippen LogP contribution is -2.02. The molecule has 0 amide bonds. The molecule has 0 radical (unpaired) electrons. The molecule has 98 valence electrons. The summed E-state index contributed by atoms with van der Waals surface area (Å²) >= 11 is 0. The van der Waals surface area contributed by atoms with Gasteiger partial charge in [-0.25, -0.2) is 0 Å². The number of fused-ring (bicyclic) bond motifs is 1. The van der Waals surface area contributed by atoms with Crippen LogP contribution in [0.3, 0.4) is 0 Å². The molecule has 1 aliphatic heterocycles. The summed E-state index contributed by atoms with van der Waals surface area (Å²) in [5, 5.41) is 14.0. The Morgan fingerprint density at radius 2 is 2.11 bits per heavy atom. The largest absolute Gasteiger partial charge is 0.472 e. The summed E-state index contributed by atoms with van der Waals surface area (Å²) in [6.45, 7) is 0.509. The SMILES string of the molecule is O=[N+]([O-])c1cc2c(cc1NCc1ccoc1)OCO2. The second-order valence-electron chi connectivity index (χ2n) is 3.96. The highest BCUT2D eigenvalue weighted by atomic mass is 16.7. The summed E-state index contributed by atoms with van der Waals surface area (Å²) in [5.74, 6) is 0.890. The summed E-state index contributed by atoms with van der Waals surface area (Å²) in [4.78, 5) is 10.6. The number of ether oxygens (including phenoxy) is 2. The van der Waals surface area contributed by atoms with Crippen molar-refractivity contribution in [3.05, 3.63) is 46.4 Å². The van der Waals surface area contributed by atoms with Gasteiger partial charge < -0.3 is 19.2 Å². The quantitative estimate of drug-likeness (QED) is 0.673. The molecule has 0 bridgehead atoms. The molecule has 0 fully saturated rings. The fraction of sp³-hybridized carbons (Fsp3) is 0.167. The van der Waals surface area contributed by atoms with E-state index in [2.05, 4.69) is 5.32 Å². The standard InChI is InChI=1S/C12H10N2O5/c15-14(16)10-4-12-11(18-7-19-12)3-9(10)13-5-8-1-2-17-6-8/h1-4,6,13H,5,7H2. The second kappa shape index (κ2) is 4.52. The van der Waals surface area contributed by atoms with Crippen LogP contribution in [0, 0.1) is 10.1 Å². The van der Waals surface area contributed by atoms with Crippen LogP contribution in [0.5, 0.6) is 11.5 Å². The molecule has 19 heavy (non-hydrogen) atoms. The average molecular weight is 262 g/mol. The lowest BCUT2D eigenvalue weighted by atomic mass is 10.2. The molecule has 0 unspecified atom stereocenters. The van der Waals surface area contributed by atoms with Gasteiger partial charge in [-0.3, -0.25) is 10.1 Å². The smallest absolute Gasteiger partial charge is 0.296 e. The first kappa shape index (κ1) is 11.4. The molecule has 0 saturated carbocycles. The van der Waals surface area contributed by atoms with E-state index in [1.807, 2.05) is 0 Å². The highest BCUT2D eigenvalue weighted by molar-refractivity contribution is 5.69. The summed E-state index contributed by atoms with van der Waals surface area (Å²) in [6, 6.07) is 4.71. The first-order chi connectivity index (χ1) is 9.24. The Morgan fingerprint density at radius 3 is 2.79 bits per heavy atom. The minimum atomic E-state index is -0.459. The molecule has 0 aliphatic carbocycles. The molecule has 0 spiro atoms. The van der Waals surface area contributed by atoms with Gasteiger partial charge in [-0.1, -0.05) is 0 Å². The fourth-order valence-corrected chi connectivity index (χ4v) is 1.81. The van der Waals surface area contributed by atoms with Gasteiger partial charge in [0.25, 0.3) is 5.69 Å². The number of nitrogens with zero attached hydrogens (tertiary/aromatic N) is 1. The van der Waals surface area contributed by atoms with Crippen molar-refractivity contribution in [2.75, 3.05) is 12.1 Å². The van der Waals surface area contributed by atoms with Crippen LogP contribution in [0.15, 0.2) is 35.1 Å². The Hall–Kier alpha value is -2.70. The van der Waals surface area contributed by atoms with E-state index in [-0.39, 0.29) is 12.5 Å². The van der Waals surface area contributed by atoms with Gasteiger partial charge in [0.1, 0.15) is 5.69 Å². The average Bonchev–Trinajstić information content (AvgIpc) is 3.05. The first-order valence-corrected chi connectivity index (χ1v) is 5.57. The van der Waals surface area contributed by atoms with Crippen molar-refractivity contribution < 1.29 is 18.8 Å². The number of nitro benzene ring substituents is 1. The highest BCUT2D eigenvalue weighted by Crippen LogP contribution is 2.40. The number of hydrogen-bond acceptors (Lipinski definition) is 6. The zero-order valence-electron chi connectivity index (χ0n) is 9.79. The van der Waals surface area contributed by atoms with Crippen molar-refractivity contribution in [2.45, 2.75) is 6.54 Å². The van der Waals surface area contributed by atoms with Crippen molar-refractivity contribution in [1.82, 2.24) is 0 Å². The van der Waals surface area contributed by atoms with Gasteiger partial charge >= 0.3 is 0 Å². The molecule has 2 aromatic rings. The van der Waals surface area contributed by atoms with Crippen molar-refractivity contribution in [1.29, 1.82) is 0 Å². The number of rotatable bonds is 4. The third-order valence-electron chi connectivity index (χ3n) is 2.75. The summed E-state index contributed by atoms with van der Waals surface area (Å²) in [7, 11) is 0. The second-order valence-corrected chi connectivity index (χ2v) is 3.96. The lowest BCUT2D eigenvalue weighted by molar-refractivity contribution is -0.384. The van der Waals surface area contributed by atoms with Crippen LogP contribution in [-0.2, 0) is 6.54 Å². The van der Waals surface area contributed by atoms with Crippen LogP contribution >= 0.6 is 0 Å². The van der Waals surface area contributed by atoms with Gasteiger partial charge in [-0.15, -0.1) is 0 Å². The number of hydrogen-bond donors (Lipinski definition) is 1. The van der Waals surface area contributed by atoms with E-state index in [1.54, 1.807) is 24.7 Å². The Morgan fingerprint density at radius 1 is 1.32 bits per heavy atom. The molecule has 1 aliphatic rings. The first-order valence-electron chi connectivity index (χ1n) is 5.57. The third-order valence-corrected chi connectivity index (χ3v) is 2.75. The Kier molecular flexibility index (Phi) is 2.71. The molecule has 7 nitrogen and oxygen atoms in total. The Balaban J connectivity index is 1.88. The maximum Gasteiger partial charge on any atom is 0.296 e. The predicted molar refractivity (Wildman–Crippen MR) is 65.3 cm³/mol. The molecule has 0 atom stereocenters. The monoisotopic (exact) mass is 262 g/mol. The van der Waals surface area contributed by atoms with Gasteiger partial charge in [0, 0.05) is 18.2 Å². The minimum absolute atomic E-state index is 0.0484. The van der Waals surface area contributed by atoms with E-state index in [1.165, 1.54) is 6.07 Å². The molecule has 3 rings (SSSR count). The van der Waals surface area contributed by atoms with Crippen LogP contribution in [0.4, 0.5) is 11.4 Å². The number of benzene rings is 1. The van der Waals surface area contributed by atoms with E-state index >= 15 is 0 Å². The van der Waals surface area contributed by atoms with E-state index in [9.17, 15) is 10.1 Å². The van der Waals surface area contributed by atoms with Gasteiger partial charge in [0.05, 0.1) is 23.5 Å². The fourth-order valence-electron chi connectivity index (χ4n) is 1.81. The number of anilines is 1. The minimum Gasteiger partial charge on any atom is -0.472 e.